The number of imidazole rings is 1. The Hall–Kier alpha value is -1.52. The van der Waals surface area contributed by atoms with E-state index in [0.29, 0.717) is 12.5 Å². The van der Waals surface area contributed by atoms with Crippen LogP contribution in [-0.2, 0) is 6.54 Å². The van der Waals surface area contributed by atoms with Crippen LogP contribution in [0.2, 0.25) is 0 Å². The van der Waals surface area contributed by atoms with Gasteiger partial charge < -0.3 is 9.88 Å². The number of rotatable bonds is 5. The molecule has 0 saturated carbocycles. The molecule has 1 aliphatic heterocycles. The van der Waals surface area contributed by atoms with Crippen LogP contribution >= 0.6 is 0 Å². The van der Waals surface area contributed by atoms with Gasteiger partial charge >= 0.3 is 0 Å². The van der Waals surface area contributed by atoms with E-state index < -0.39 is 0 Å². The fourth-order valence-electron chi connectivity index (χ4n) is 2.69. The molecule has 1 atom stereocenters. The van der Waals surface area contributed by atoms with E-state index >= 15 is 0 Å². The number of piperidine rings is 1. The fourth-order valence-corrected chi connectivity index (χ4v) is 2.69. The third-order valence-corrected chi connectivity index (χ3v) is 3.85. The van der Waals surface area contributed by atoms with Crippen LogP contribution in [0.15, 0.2) is 5.11 Å². The van der Waals surface area contributed by atoms with E-state index in [2.05, 4.69) is 33.8 Å². The molecule has 0 amide bonds. The Morgan fingerprint density at radius 3 is 3.05 bits per heavy atom. The Morgan fingerprint density at radius 2 is 2.37 bits per heavy atom. The van der Waals surface area contributed by atoms with Crippen molar-refractivity contribution in [2.24, 2.45) is 5.11 Å². The van der Waals surface area contributed by atoms with Crippen molar-refractivity contribution in [3.05, 3.63) is 27.7 Å². The zero-order valence-electron chi connectivity index (χ0n) is 11.8. The van der Waals surface area contributed by atoms with E-state index in [1.165, 1.54) is 24.4 Å². The monoisotopic (exact) mass is 262 g/mol. The number of aryl methyl sites for hydroxylation is 1. The minimum atomic E-state index is 0.514. The van der Waals surface area contributed by atoms with E-state index in [9.17, 15) is 0 Å². The molecule has 1 aromatic rings. The lowest BCUT2D eigenvalue weighted by molar-refractivity contribution is 0.428. The maximum atomic E-state index is 8.31. The van der Waals surface area contributed by atoms with Crippen LogP contribution in [0.1, 0.15) is 42.4 Å². The fraction of sp³-hybridized carbons (Fsp3) is 0.769. The van der Waals surface area contributed by atoms with Gasteiger partial charge in [-0.05, 0) is 45.2 Å². The first-order valence-electron chi connectivity index (χ1n) is 6.99. The third kappa shape index (κ3) is 3.28. The van der Waals surface area contributed by atoms with Crippen molar-refractivity contribution in [3.63, 3.8) is 0 Å². The van der Waals surface area contributed by atoms with Crippen molar-refractivity contribution in [2.45, 2.75) is 45.6 Å². The first kappa shape index (κ1) is 13.9. The molecule has 1 aliphatic rings. The molecule has 2 rings (SSSR count). The molecule has 0 spiro atoms. The lowest BCUT2D eigenvalue weighted by Gasteiger charge is -2.23. The highest BCUT2D eigenvalue weighted by Gasteiger charge is 2.22. The summed E-state index contributed by atoms with van der Waals surface area (Å²) in [6.07, 6.45) is 3.29. The molecule has 0 bridgehead atoms. The zero-order valence-corrected chi connectivity index (χ0v) is 11.8. The summed E-state index contributed by atoms with van der Waals surface area (Å²) in [7, 11) is 0. The molecular weight excluding hydrogens is 240 g/mol. The molecule has 19 heavy (non-hydrogen) atoms. The summed E-state index contributed by atoms with van der Waals surface area (Å²) in [6.45, 7) is 7.76. The van der Waals surface area contributed by atoms with Gasteiger partial charge in [-0.1, -0.05) is 5.11 Å². The SMILES string of the molecule is Cc1nc(C2CCCNC2)n(CCCN=[N+]=[N-])c1C. The summed E-state index contributed by atoms with van der Waals surface area (Å²) in [6, 6.07) is 0. The molecule has 1 aromatic heterocycles. The van der Waals surface area contributed by atoms with E-state index in [1.54, 1.807) is 0 Å². The predicted molar refractivity (Wildman–Crippen MR) is 75.2 cm³/mol. The van der Waals surface area contributed by atoms with Crippen LogP contribution in [0.3, 0.4) is 0 Å². The average molecular weight is 262 g/mol. The number of hydrogen-bond acceptors (Lipinski definition) is 3. The largest absolute Gasteiger partial charge is 0.332 e. The molecule has 2 heterocycles. The van der Waals surface area contributed by atoms with Gasteiger partial charge in [0.05, 0.1) is 5.69 Å². The number of hydrogen-bond donors (Lipinski definition) is 1. The van der Waals surface area contributed by atoms with Crippen molar-refractivity contribution < 1.29 is 0 Å². The van der Waals surface area contributed by atoms with E-state index in [4.69, 9.17) is 10.5 Å². The quantitative estimate of drug-likeness (QED) is 0.383. The molecule has 6 nitrogen and oxygen atoms in total. The van der Waals surface area contributed by atoms with Gasteiger partial charge in [-0.15, -0.1) is 0 Å². The lowest BCUT2D eigenvalue weighted by Crippen LogP contribution is -2.30. The molecular formula is C13H22N6. The first-order valence-corrected chi connectivity index (χ1v) is 6.99. The molecule has 1 N–H and O–H groups in total. The first-order chi connectivity index (χ1) is 9.24. The molecule has 1 fully saturated rings. The summed E-state index contributed by atoms with van der Waals surface area (Å²) >= 11 is 0. The van der Waals surface area contributed by atoms with Crippen molar-refractivity contribution in [2.75, 3.05) is 19.6 Å². The van der Waals surface area contributed by atoms with Crippen molar-refractivity contribution in [3.8, 4) is 0 Å². The Bertz CT molecular complexity index is 466. The van der Waals surface area contributed by atoms with E-state index in [1.807, 2.05) is 0 Å². The summed E-state index contributed by atoms with van der Waals surface area (Å²) < 4.78 is 2.31. The highest BCUT2D eigenvalue weighted by atomic mass is 15.1. The number of nitrogens with one attached hydrogen (secondary N) is 1. The van der Waals surface area contributed by atoms with Crippen LogP contribution in [-0.4, -0.2) is 29.2 Å². The molecule has 0 radical (unpaired) electrons. The molecule has 1 unspecified atom stereocenters. The summed E-state index contributed by atoms with van der Waals surface area (Å²) in [5.41, 5.74) is 10.7. The summed E-state index contributed by atoms with van der Waals surface area (Å²) in [5.74, 6) is 1.71. The number of aromatic nitrogens is 2. The van der Waals surface area contributed by atoms with E-state index in [-0.39, 0.29) is 0 Å². The molecule has 0 aliphatic carbocycles. The minimum absolute atomic E-state index is 0.514. The summed E-state index contributed by atoms with van der Waals surface area (Å²) in [5, 5.41) is 7.05. The van der Waals surface area contributed by atoms with Gasteiger partial charge in [0.2, 0.25) is 0 Å². The van der Waals surface area contributed by atoms with Crippen LogP contribution in [0.4, 0.5) is 0 Å². The Morgan fingerprint density at radius 1 is 1.53 bits per heavy atom. The maximum absolute atomic E-state index is 8.31. The van der Waals surface area contributed by atoms with E-state index in [0.717, 1.165) is 31.7 Å². The number of azide groups is 1. The highest BCUT2D eigenvalue weighted by molar-refractivity contribution is 5.17. The molecule has 0 aromatic carbocycles. The Balaban J connectivity index is 2.12. The second-order valence-electron chi connectivity index (χ2n) is 5.14. The van der Waals surface area contributed by atoms with Gasteiger partial charge in [-0.2, -0.15) is 0 Å². The zero-order chi connectivity index (χ0) is 13.7. The van der Waals surface area contributed by atoms with Gasteiger partial charge in [0, 0.05) is 36.2 Å². The van der Waals surface area contributed by atoms with Crippen LogP contribution in [0, 0.1) is 13.8 Å². The Kier molecular flexibility index (Phi) is 4.82. The number of nitrogens with zero attached hydrogens (tertiary/aromatic N) is 5. The van der Waals surface area contributed by atoms with Gasteiger partial charge in [0.1, 0.15) is 5.82 Å². The Labute approximate surface area is 113 Å². The van der Waals surface area contributed by atoms with Crippen LogP contribution < -0.4 is 5.32 Å². The summed E-state index contributed by atoms with van der Waals surface area (Å²) in [4.78, 5) is 7.55. The molecule has 1 saturated heterocycles. The predicted octanol–water partition coefficient (Wildman–Crippen LogP) is 2.67. The van der Waals surface area contributed by atoms with Crippen LogP contribution in [0.25, 0.3) is 10.4 Å². The molecule has 104 valence electrons. The highest BCUT2D eigenvalue weighted by Crippen LogP contribution is 2.25. The van der Waals surface area contributed by atoms with Gasteiger partial charge in [-0.25, -0.2) is 4.98 Å². The second kappa shape index (κ2) is 6.59. The minimum Gasteiger partial charge on any atom is -0.332 e. The second-order valence-corrected chi connectivity index (χ2v) is 5.14. The van der Waals surface area contributed by atoms with Crippen molar-refractivity contribution in [1.29, 1.82) is 0 Å². The third-order valence-electron chi connectivity index (χ3n) is 3.85. The maximum Gasteiger partial charge on any atom is 0.113 e. The van der Waals surface area contributed by atoms with Gasteiger partial charge in [0.25, 0.3) is 0 Å². The average Bonchev–Trinajstić information content (AvgIpc) is 2.72. The standard InChI is InChI=1S/C13H22N6/c1-10-11(2)19(8-4-7-16-18-14)13(17-10)12-5-3-6-15-9-12/h12,15H,3-9H2,1-2H3. The smallest absolute Gasteiger partial charge is 0.113 e. The molecule has 6 heteroatoms. The topological polar surface area (TPSA) is 78.6 Å². The lowest BCUT2D eigenvalue weighted by atomic mass is 9.99. The van der Waals surface area contributed by atoms with Gasteiger partial charge in [0.15, 0.2) is 0 Å². The normalized spacial score (nSPS) is 19.2. The van der Waals surface area contributed by atoms with Crippen molar-refractivity contribution >= 4 is 0 Å². The van der Waals surface area contributed by atoms with Crippen LogP contribution in [0.5, 0.6) is 0 Å². The van der Waals surface area contributed by atoms with Crippen molar-refractivity contribution in [1.82, 2.24) is 14.9 Å². The van der Waals surface area contributed by atoms with Gasteiger partial charge in [-0.3, -0.25) is 0 Å².